The smallest absolute Gasteiger partial charge is 0.387 e. The lowest BCUT2D eigenvalue weighted by Crippen LogP contribution is -2.45. The molecule has 0 aromatic heterocycles. The molecule has 86 heavy (non-hydrogen) atoms. The topological polar surface area (TPSA) is 105 Å². The molecule has 8 nitrogen and oxygen atoms in total. The van der Waals surface area contributed by atoms with E-state index in [4.69, 9.17) is 9.05 Å². The van der Waals surface area contributed by atoms with E-state index in [1.54, 1.807) is 6.08 Å². The summed E-state index contributed by atoms with van der Waals surface area (Å²) in [5, 5.41) is 14.0. The summed E-state index contributed by atoms with van der Waals surface area (Å²) in [6.07, 6.45) is 102. The van der Waals surface area contributed by atoms with E-state index in [-0.39, 0.29) is 19.1 Å². The Kier molecular flexibility index (Phi) is 62.6. The molecular formula is C77H132N2O6P+. The molecule has 3 atom stereocenters. The number of likely N-dealkylation sites (N-methyl/N-ethyl adjacent to an activating group) is 1. The van der Waals surface area contributed by atoms with Crippen molar-refractivity contribution in [1.82, 2.24) is 5.32 Å². The molecule has 0 saturated heterocycles. The summed E-state index contributed by atoms with van der Waals surface area (Å²) in [5.41, 5.74) is 0. The van der Waals surface area contributed by atoms with E-state index in [0.29, 0.717) is 23.9 Å². The van der Waals surface area contributed by atoms with Gasteiger partial charge >= 0.3 is 7.82 Å². The molecule has 0 rings (SSSR count). The van der Waals surface area contributed by atoms with Gasteiger partial charge in [0.2, 0.25) is 5.91 Å². The fourth-order valence-corrected chi connectivity index (χ4v) is 10.1. The van der Waals surface area contributed by atoms with Crippen molar-refractivity contribution in [3.63, 3.8) is 0 Å². The lowest BCUT2D eigenvalue weighted by molar-refractivity contribution is -0.870. The summed E-state index contributed by atoms with van der Waals surface area (Å²) < 4.78 is 23.8. The van der Waals surface area contributed by atoms with Gasteiger partial charge in [-0.1, -0.05) is 307 Å². The summed E-state index contributed by atoms with van der Waals surface area (Å²) in [6, 6.07) is -0.896. The largest absolute Gasteiger partial charge is 0.472 e. The fraction of sp³-hybridized carbons (Fsp3) is 0.649. The summed E-state index contributed by atoms with van der Waals surface area (Å²) in [5.74, 6) is -0.223. The van der Waals surface area contributed by atoms with Crippen molar-refractivity contribution < 1.29 is 32.9 Å². The van der Waals surface area contributed by atoms with Gasteiger partial charge in [-0.05, 0) is 116 Å². The van der Waals surface area contributed by atoms with Crippen LogP contribution in [0.25, 0.3) is 0 Å². The highest BCUT2D eigenvalue weighted by Gasteiger charge is 2.27. The molecule has 0 aromatic carbocycles. The maximum atomic E-state index is 13.0. The minimum absolute atomic E-state index is 0.0409. The van der Waals surface area contributed by atoms with Crippen molar-refractivity contribution in [3.05, 3.63) is 158 Å². The second-order valence-electron chi connectivity index (χ2n) is 24.2. The third-order valence-electron chi connectivity index (χ3n) is 14.7. The Bertz CT molecular complexity index is 1960. The number of quaternary nitrogens is 1. The number of phosphoric acid groups is 1. The summed E-state index contributed by atoms with van der Waals surface area (Å²) in [7, 11) is 1.51. The number of aliphatic hydroxyl groups is 1. The van der Waals surface area contributed by atoms with Crippen LogP contribution in [-0.4, -0.2) is 73.4 Å². The molecule has 0 aliphatic carbocycles. The number of phosphoric ester groups is 1. The van der Waals surface area contributed by atoms with Crippen molar-refractivity contribution in [2.75, 3.05) is 40.9 Å². The van der Waals surface area contributed by atoms with E-state index < -0.39 is 20.0 Å². The molecule has 490 valence electrons. The zero-order valence-electron chi connectivity index (χ0n) is 56.0. The first kappa shape index (κ1) is 82.1. The lowest BCUT2D eigenvalue weighted by Gasteiger charge is -2.25. The molecule has 0 fully saturated rings. The van der Waals surface area contributed by atoms with Crippen molar-refractivity contribution in [2.24, 2.45) is 0 Å². The Hall–Kier alpha value is -3.88. The Morgan fingerprint density at radius 3 is 1.07 bits per heavy atom. The molecule has 0 aliphatic rings. The molecular weight excluding hydrogens is 1080 g/mol. The van der Waals surface area contributed by atoms with Crippen LogP contribution in [0.2, 0.25) is 0 Å². The highest BCUT2D eigenvalue weighted by Crippen LogP contribution is 2.43. The van der Waals surface area contributed by atoms with Crippen LogP contribution in [0.1, 0.15) is 271 Å². The summed E-state index contributed by atoms with van der Waals surface area (Å²) >= 11 is 0. The van der Waals surface area contributed by atoms with Gasteiger partial charge in [0.1, 0.15) is 13.2 Å². The van der Waals surface area contributed by atoms with Gasteiger partial charge in [-0.15, -0.1) is 0 Å². The molecule has 0 radical (unpaired) electrons. The number of hydrogen-bond donors (Lipinski definition) is 3. The number of amides is 1. The van der Waals surface area contributed by atoms with Gasteiger partial charge in [0.15, 0.2) is 0 Å². The number of unbranched alkanes of at least 4 members (excludes halogenated alkanes) is 25. The van der Waals surface area contributed by atoms with E-state index in [1.165, 1.54) is 135 Å². The SMILES string of the molecule is CC/C=C\C/C=C\C/C=C\C/C=C\C/C=C\C/C=C\C/C=C\C/C=C\C/C=C\C/C=C\C/C=C\CCCCCC(=O)NC(COP(=O)(O)OCC[N+](C)(C)C)C(O)/C=C/CC/C=C/CCCCCCCCCCCCCCCCCCCCCCC. The zero-order chi connectivity index (χ0) is 62.6. The summed E-state index contributed by atoms with van der Waals surface area (Å²) in [6.45, 7) is 4.66. The zero-order valence-corrected chi connectivity index (χ0v) is 56.9. The number of hydrogen-bond acceptors (Lipinski definition) is 5. The predicted molar refractivity (Wildman–Crippen MR) is 377 cm³/mol. The van der Waals surface area contributed by atoms with Crippen LogP contribution in [-0.2, 0) is 18.4 Å². The molecule has 0 spiro atoms. The first-order valence-electron chi connectivity index (χ1n) is 34.9. The molecule has 3 N–H and O–H groups in total. The number of nitrogens with one attached hydrogen (secondary N) is 1. The lowest BCUT2D eigenvalue weighted by atomic mass is 10.0. The molecule has 1 amide bonds. The Morgan fingerprint density at radius 2 is 0.709 bits per heavy atom. The average Bonchev–Trinajstić information content (AvgIpc) is 3.70. The first-order valence-corrected chi connectivity index (χ1v) is 36.4. The van der Waals surface area contributed by atoms with Crippen LogP contribution in [0, 0.1) is 0 Å². The third kappa shape index (κ3) is 67.6. The van der Waals surface area contributed by atoms with Crippen molar-refractivity contribution >= 4 is 13.7 Å². The highest BCUT2D eigenvalue weighted by molar-refractivity contribution is 7.47. The Labute approximate surface area is 531 Å². The second kappa shape index (κ2) is 65.6. The minimum Gasteiger partial charge on any atom is -0.387 e. The molecule has 0 saturated carbocycles. The molecule has 0 heterocycles. The number of rotatable bonds is 62. The molecule has 0 aliphatic heterocycles. The van der Waals surface area contributed by atoms with E-state index in [9.17, 15) is 19.4 Å². The number of allylic oxidation sites excluding steroid dienone is 25. The van der Waals surface area contributed by atoms with Gasteiger partial charge in [0, 0.05) is 6.42 Å². The Morgan fingerprint density at radius 1 is 0.407 bits per heavy atom. The maximum absolute atomic E-state index is 13.0. The molecule has 0 bridgehead atoms. The monoisotopic (exact) mass is 1210 g/mol. The van der Waals surface area contributed by atoms with E-state index in [2.05, 4.69) is 165 Å². The van der Waals surface area contributed by atoms with Gasteiger partial charge in [-0.25, -0.2) is 4.57 Å². The van der Waals surface area contributed by atoms with Crippen LogP contribution >= 0.6 is 7.82 Å². The van der Waals surface area contributed by atoms with Crippen molar-refractivity contribution in [2.45, 2.75) is 283 Å². The number of nitrogens with zero attached hydrogens (tertiary/aromatic N) is 1. The normalized spacial score (nSPS) is 14.6. The van der Waals surface area contributed by atoms with Crippen LogP contribution in [0.3, 0.4) is 0 Å². The minimum atomic E-state index is -4.38. The van der Waals surface area contributed by atoms with Gasteiger partial charge in [-0.2, -0.15) is 0 Å². The Balaban J connectivity index is 4.27. The van der Waals surface area contributed by atoms with Crippen LogP contribution in [0.5, 0.6) is 0 Å². The molecule has 9 heteroatoms. The van der Waals surface area contributed by atoms with E-state index in [1.807, 2.05) is 27.2 Å². The predicted octanol–water partition coefficient (Wildman–Crippen LogP) is 22.5. The average molecular weight is 1210 g/mol. The standard InChI is InChI=1S/C77H131N2O6P/c1-6-8-10-12-14-16-18-20-22-24-26-28-30-32-34-35-36-37-38-39-40-41-42-43-45-47-49-51-53-55-57-59-61-63-65-67-69-71-77(81)78-75(74-85-86(82,83)84-73-72-79(3,4)5)76(80)70-68-66-64-62-60-58-56-54-52-50-48-46-44-33-31-29-27-25-23-21-19-17-15-13-11-9-7-2/h8,10,14,16,20,22,26,28,32,34,36-37,39-40,42-43,47,49,53,55,59-62,68,70,75-76,80H,6-7,9,11-13,15,17-19,21,23-25,27,29-31,33,35,38,41,44-46,48,50-52,54,56-58,63-67,69,71-74H2,1-5H3,(H-,78,81,82,83)/p+1/b10-8-,16-14-,22-20-,28-26-,34-32-,37-36-,40-39-,43-42-,49-47-,55-53-,61-59-,62-60+,70-68+. The third-order valence-corrected chi connectivity index (χ3v) is 15.7. The molecule has 3 unspecified atom stereocenters. The van der Waals surface area contributed by atoms with Crippen LogP contribution in [0.4, 0.5) is 0 Å². The van der Waals surface area contributed by atoms with Crippen molar-refractivity contribution in [1.29, 1.82) is 0 Å². The first-order chi connectivity index (χ1) is 42.0. The van der Waals surface area contributed by atoms with Gasteiger partial charge in [0.05, 0.1) is 39.9 Å². The number of carbonyl (C=O) groups is 1. The quantitative estimate of drug-likeness (QED) is 0.0243. The van der Waals surface area contributed by atoms with Gasteiger partial charge in [-0.3, -0.25) is 13.8 Å². The van der Waals surface area contributed by atoms with Gasteiger partial charge in [0.25, 0.3) is 0 Å². The van der Waals surface area contributed by atoms with E-state index >= 15 is 0 Å². The summed E-state index contributed by atoms with van der Waals surface area (Å²) in [4.78, 5) is 23.4. The molecule has 0 aromatic rings. The number of aliphatic hydroxyl groups excluding tert-OH is 1. The second-order valence-corrected chi connectivity index (χ2v) is 25.6. The van der Waals surface area contributed by atoms with Crippen LogP contribution in [0.15, 0.2) is 158 Å². The number of carbonyl (C=O) groups excluding carboxylic acids is 1. The van der Waals surface area contributed by atoms with Crippen LogP contribution < -0.4 is 5.32 Å². The highest BCUT2D eigenvalue weighted by atomic mass is 31.2. The maximum Gasteiger partial charge on any atom is 0.472 e. The van der Waals surface area contributed by atoms with Crippen molar-refractivity contribution in [3.8, 4) is 0 Å². The van der Waals surface area contributed by atoms with Gasteiger partial charge < -0.3 is 19.8 Å². The fourth-order valence-electron chi connectivity index (χ4n) is 9.36. The van der Waals surface area contributed by atoms with E-state index in [0.717, 1.165) is 109 Å².